The summed E-state index contributed by atoms with van der Waals surface area (Å²) in [6.45, 7) is 4.23. The lowest BCUT2D eigenvalue weighted by Crippen LogP contribution is -2.24. The molecule has 0 spiro atoms. The Bertz CT molecular complexity index is 781. The first-order valence-electron chi connectivity index (χ1n) is 7.45. The SMILES string of the molecule is CCCn1c(S[C@H](C)C(=O)Nc2ccc(C(N)=O)cc2)n[nH]c1=O. The summed E-state index contributed by atoms with van der Waals surface area (Å²) in [5.74, 6) is -0.755. The minimum atomic E-state index is -0.524. The maximum absolute atomic E-state index is 12.3. The molecule has 0 bridgehead atoms. The van der Waals surface area contributed by atoms with Gasteiger partial charge in [-0.25, -0.2) is 9.89 Å². The normalized spacial score (nSPS) is 11.9. The summed E-state index contributed by atoms with van der Waals surface area (Å²) in [4.78, 5) is 34.9. The topological polar surface area (TPSA) is 123 Å². The van der Waals surface area contributed by atoms with Gasteiger partial charge in [-0.3, -0.25) is 14.2 Å². The monoisotopic (exact) mass is 349 g/mol. The highest BCUT2D eigenvalue weighted by molar-refractivity contribution is 8.00. The summed E-state index contributed by atoms with van der Waals surface area (Å²) in [5, 5.41) is 9.12. The van der Waals surface area contributed by atoms with E-state index in [4.69, 9.17) is 5.73 Å². The largest absolute Gasteiger partial charge is 0.366 e. The van der Waals surface area contributed by atoms with Crippen molar-refractivity contribution in [1.29, 1.82) is 0 Å². The van der Waals surface area contributed by atoms with Crippen LogP contribution in [0.2, 0.25) is 0 Å². The molecule has 24 heavy (non-hydrogen) atoms. The number of carbonyl (C=O) groups excluding carboxylic acids is 2. The van der Waals surface area contributed by atoms with Crippen molar-refractivity contribution in [3.63, 3.8) is 0 Å². The van der Waals surface area contributed by atoms with Crippen LogP contribution in [0.25, 0.3) is 0 Å². The van der Waals surface area contributed by atoms with Crippen LogP contribution in [0.5, 0.6) is 0 Å². The van der Waals surface area contributed by atoms with Crippen LogP contribution < -0.4 is 16.7 Å². The van der Waals surface area contributed by atoms with E-state index < -0.39 is 11.2 Å². The van der Waals surface area contributed by atoms with E-state index in [1.54, 1.807) is 31.2 Å². The Kier molecular flexibility index (Phi) is 5.80. The molecule has 1 atom stereocenters. The molecule has 0 aliphatic rings. The number of carbonyl (C=O) groups is 2. The van der Waals surface area contributed by atoms with Crippen LogP contribution in [0.1, 0.15) is 30.6 Å². The number of primary amides is 1. The molecule has 2 amide bonds. The minimum Gasteiger partial charge on any atom is -0.366 e. The van der Waals surface area contributed by atoms with Gasteiger partial charge >= 0.3 is 5.69 Å². The second kappa shape index (κ2) is 7.82. The van der Waals surface area contributed by atoms with Crippen molar-refractivity contribution >= 4 is 29.3 Å². The summed E-state index contributed by atoms with van der Waals surface area (Å²) in [6, 6.07) is 6.30. The summed E-state index contributed by atoms with van der Waals surface area (Å²) < 4.78 is 1.51. The molecule has 2 aromatic rings. The third-order valence-electron chi connectivity index (χ3n) is 3.26. The zero-order valence-corrected chi connectivity index (χ0v) is 14.2. The number of anilines is 1. The van der Waals surface area contributed by atoms with Gasteiger partial charge < -0.3 is 11.1 Å². The van der Waals surface area contributed by atoms with Crippen LogP contribution in [-0.2, 0) is 11.3 Å². The predicted molar refractivity (Wildman–Crippen MR) is 92.0 cm³/mol. The third-order valence-corrected chi connectivity index (χ3v) is 4.35. The Labute approximate surface area is 142 Å². The first kappa shape index (κ1) is 17.8. The fraction of sp³-hybridized carbons (Fsp3) is 0.333. The van der Waals surface area contributed by atoms with Gasteiger partial charge in [0, 0.05) is 17.8 Å². The number of nitrogens with zero attached hydrogens (tertiary/aromatic N) is 2. The van der Waals surface area contributed by atoms with Gasteiger partial charge in [-0.1, -0.05) is 18.7 Å². The molecule has 2 rings (SSSR count). The molecular weight excluding hydrogens is 330 g/mol. The summed E-state index contributed by atoms with van der Waals surface area (Å²) in [6.07, 6.45) is 0.791. The third kappa shape index (κ3) is 4.25. The number of amides is 2. The second-order valence-electron chi connectivity index (χ2n) is 5.15. The standard InChI is InChI=1S/C15H19N5O3S/c1-3-8-20-14(23)18-19-15(20)24-9(2)13(22)17-11-6-4-10(5-7-11)12(16)21/h4-7,9H,3,8H2,1-2H3,(H2,16,21)(H,17,22)(H,18,23)/t9-/m1/s1. The van der Waals surface area contributed by atoms with E-state index in [1.165, 1.54) is 16.3 Å². The number of H-pyrrole nitrogens is 1. The molecule has 0 fully saturated rings. The second-order valence-corrected chi connectivity index (χ2v) is 6.46. The molecule has 0 saturated heterocycles. The quantitative estimate of drug-likeness (QED) is 0.648. The zero-order valence-electron chi connectivity index (χ0n) is 13.4. The Balaban J connectivity index is 2.02. The summed E-state index contributed by atoms with van der Waals surface area (Å²) >= 11 is 1.20. The van der Waals surface area contributed by atoms with Gasteiger partial charge in [-0.15, -0.1) is 5.10 Å². The van der Waals surface area contributed by atoms with E-state index >= 15 is 0 Å². The molecule has 9 heteroatoms. The summed E-state index contributed by atoms with van der Waals surface area (Å²) in [7, 11) is 0. The van der Waals surface area contributed by atoms with Gasteiger partial charge in [0.05, 0.1) is 5.25 Å². The number of aromatic nitrogens is 3. The van der Waals surface area contributed by atoms with Gasteiger partial charge in [0.15, 0.2) is 5.16 Å². The Morgan fingerprint density at radius 3 is 2.62 bits per heavy atom. The predicted octanol–water partition coefficient (Wildman–Crippen LogP) is 1.20. The summed E-state index contributed by atoms with van der Waals surface area (Å²) in [5.41, 5.74) is 5.82. The Hall–Kier alpha value is -2.55. The Morgan fingerprint density at radius 2 is 2.04 bits per heavy atom. The van der Waals surface area contributed by atoms with Gasteiger partial charge in [0.2, 0.25) is 11.8 Å². The van der Waals surface area contributed by atoms with Crippen LogP contribution in [0.4, 0.5) is 5.69 Å². The number of nitrogens with two attached hydrogens (primary N) is 1. The van der Waals surface area contributed by atoms with Crippen LogP contribution in [0.3, 0.4) is 0 Å². The maximum Gasteiger partial charge on any atom is 0.343 e. The molecule has 0 radical (unpaired) electrons. The van der Waals surface area contributed by atoms with Crippen LogP contribution >= 0.6 is 11.8 Å². The maximum atomic E-state index is 12.3. The molecule has 0 aliphatic heterocycles. The number of hydrogen-bond acceptors (Lipinski definition) is 5. The van der Waals surface area contributed by atoms with Gasteiger partial charge in [0.25, 0.3) is 0 Å². The molecule has 1 aromatic heterocycles. The van der Waals surface area contributed by atoms with E-state index in [0.29, 0.717) is 23.0 Å². The van der Waals surface area contributed by atoms with Crippen molar-refractivity contribution in [3.8, 4) is 0 Å². The van der Waals surface area contributed by atoms with Crippen molar-refractivity contribution in [1.82, 2.24) is 14.8 Å². The van der Waals surface area contributed by atoms with Gasteiger partial charge in [0.1, 0.15) is 0 Å². The van der Waals surface area contributed by atoms with Crippen molar-refractivity contribution in [2.75, 3.05) is 5.32 Å². The lowest BCUT2D eigenvalue weighted by Gasteiger charge is -2.12. The van der Waals surface area contributed by atoms with Crippen molar-refractivity contribution < 1.29 is 9.59 Å². The average molecular weight is 349 g/mol. The lowest BCUT2D eigenvalue weighted by atomic mass is 10.2. The first-order chi connectivity index (χ1) is 11.4. The molecular formula is C15H19N5O3S. The highest BCUT2D eigenvalue weighted by Gasteiger charge is 2.19. The molecule has 0 aliphatic carbocycles. The smallest absolute Gasteiger partial charge is 0.343 e. The van der Waals surface area contributed by atoms with Crippen LogP contribution in [0.15, 0.2) is 34.2 Å². The Morgan fingerprint density at radius 1 is 1.38 bits per heavy atom. The molecule has 1 aromatic carbocycles. The average Bonchev–Trinajstić information content (AvgIpc) is 2.89. The molecule has 0 saturated carbocycles. The highest BCUT2D eigenvalue weighted by Crippen LogP contribution is 2.21. The lowest BCUT2D eigenvalue weighted by molar-refractivity contribution is -0.115. The van der Waals surface area contributed by atoms with Crippen molar-refractivity contribution in [3.05, 3.63) is 40.3 Å². The number of benzene rings is 1. The molecule has 8 nitrogen and oxygen atoms in total. The van der Waals surface area contributed by atoms with Crippen molar-refractivity contribution in [2.24, 2.45) is 5.73 Å². The fourth-order valence-electron chi connectivity index (χ4n) is 1.99. The number of thioether (sulfide) groups is 1. The highest BCUT2D eigenvalue weighted by atomic mass is 32.2. The van der Waals surface area contributed by atoms with Crippen LogP contribution in [0, 0.1) is 0 Å². The minimum absolute atomic E-state index is 0.231. The fourth-order valence-corrected chi connectivity index (χ4v) is 2.87. The van der Waals surface area contributed by atoms with E-state index in [1.807, 2.05) is 6.92 Å². The molecule has 0 unspecified atom stereocenters. The molecule has 4 N–H and O–H groups in total. The van der Waals surface area contributed by atoms with Gasteiger partial charge in [-0.2, -0.15) is 0 Å². The van der Waals surface area contributed by atoms with E-state index in [2.05, 4.69) is 15.5 Å². The molecule has 1 heterocycles. The van der Waals surface area contributed by atoms with E-state index in [9.17, 15) is 14.4 Å². The number of nitrogens with one attached hydrogen (secondary N) is 2. The molecule has 128 valence electrons. The number of hydrogen-bond donors (Lipinski definition) is 3. The number of aromatic amines is 1. The van der Waals surface area contributed by atoms with Crippen LogP contribution in [-0.4, -0.2) is 31.8 Å². The van der Waals surface area contributed by atoms with Crippen molar-refractivity contribution in [2.45, 2.75) is 37.2 Å². The first-order valence-corrected chi connectivity index (χ1v) is 8.33. The zero-order chi connectivity index (χ0) is 17.7. The van der Waals surface area contributed by atoms with Gasteiger partial charge in [-0.05, 0) is 37.6 Å². The van der Waals surface area contributed by atoms with E-state index in [-0.39, 0.29) is 11.6 Å². The van der Waals surface area contributed by atoms with E-state index in [0.717, 1.165) is 6.42 Å². The number of rotatable bonds is 7.